The van der Waals surface area contributed by atoms with Crippen molar-refractivity contribution in [2.45, 2.75) is 45.3 Å². The van der Waals surface area contributed by atoms with Crippen LogP contribution in [-0.2, 0) is 11.0 Å². The maximum atomic E-state index is 13.4. The van der Waals surface area contributed by atoms with Crippen molar-refractivity contribution < 1.29 is 22.9 Å². The molecule has 1 aromatic carbocycles. The van der Waals surface area contributed by atoms with Gasteiger partial charge in [-0.2, -0.15) is 18.2 Å². The number of nitrogens with one attached hydrogen (secondary N) is 2. The van der Waals surface area contributed by atoms with E-state index in [1.165, 1.54) is 0 Å². The Hall–Kier alpha value is -4.03. The van der Waals surface area contributed by atoms with E-state index >= 15 is 0 Å². The predicted octanol–water partition coefficient (Wildman–Crippen LogP) is 5.07. The van der Waals surface area contributed by atoms with Crippen LogP contribution in [0.2, 0.25) is 0 Å². The van der Waals surface area contributed by atoms with Crippen LogP contribution in [0.4, 0.5) is 36.4 Å². The Bertz CT molecular complexity index is 1310. The molecule has 13 heteroatoms. The number of aromatic nitrogens is 3. The third-order valence-electron chi connectivity index (χ3n) is 5.90. The Morgan fingerprint density at radius 3 is 2.56 bits per heavy atom. The molecule has 2 aromatic heterocycles. The SMILES string of the molecule is CCC(=O)Nc1nc(NC(C)c2cc([N+](=O)[O-])cc(C(F)(F)F)c2)c2cc(N3CCCC3)ncc2n1. The molecule has 0 radical (unpaired) electrons. The number of hydrogen-bond acceptors (Lipinski definition) is 8. The molecule has 1 atom stereocenters. The summed E-state index contributed by atoms with van der Waals surface area (Å²) in [6.07, 6.45) is -0.933. The lowest BCUT2D eigenvalue weighted by Crippen LogP contribution is -2.19. The van der Waals surface area contributed by atoms with E-state index in [1.807, 2.05) is 0 Å². The quantitative estimate of drug-likeness (QED) is 0.338. The van der Waals surface area contributed by atoms with E-state index in [-0.39, 0.29) is 29.7 Å². The highest BCUT2D eigenvalue weighted by molar-refractivity contribution is 5.94. The second kappa shape index (κ2) is 9.91. The Labute approximate surface area is 204 Å². The summed E-state index contributed by atoms with van der Waals surface area (Å²) in [6.45, 7) is 4.93. The molecule has 0 saturated carbocycles. The van der Waals surface area contributed by atoms with E-state index in [0.717, 1.165) is 38.1 Å². The molecule has 1 aliphatic rings. The summed E-state index contributed by atoms with van der Waals surface area (Å²) in [5.74, 6) is 0.652. The van der Waals surface area contributed by atoms with Crippen molar-refractivity contribution >= 4 is 40.1 Å². The van der Waals surface area contributed by atoms with E-state index in [1.54, 1.807) is 26.1 Å². The first-order valence-corrected chi connectivity index (χ1v) is 11.4. The van der Waals surface area contributed by atoms with Crippen LogP contribution >= 0.6 is 0 Å². The van der Waals surface area contributed by atoms with Crippen LogP contribution in [0, 0.1) is 10.1 Å². The lowest BCUT2D eigenvalue weighted by atomic mass is 10.0. The van der Waals surface area contributed by atoms with Gasteiger partial charge in [0.25, 0.3) is 5.69 Å². The van der Waals surface area contributed by atoms with Gasteiger partial charge in [-0.3, -0.25) is 20.2 Å². The molecule has 190 valence electrons. The van der Waals surface area contributed by atoms with Gasteiger partial charge in [-0.1, -0.05) is 6.92 Å². The zero-order valence-electron chi connectivity index (χ0n) is 19.6. The number of carbonyl (C=O) groups excluding carboxylic acids is 1. The number of nitro groups is 1. The number of halogens is 3. The van der Waals surface area contributed by atoms with Gasteiger partial charge in [-0.05, 0) is 37.5 Å². The van der Waals surface area contributed by atoms with Crippen molar-refractivity contribution in [3.05, 3.63) is 51.7 Å². The van der Waals surface area contributed by atoms with Crippen LogP contribution in [0.25, 0.3) is 10.9 Å². The first-order valence-electron chi connectivity index (χ1n) is 11.4. The number of rotatable bonds is 7. The molecule has 0 bridgehead atoms. The number of pyridine rings is 1. The number of amides is 1. The fourth-order valence-electron chi connectivity index (χ4n) is 3.96. The Morgan fingerprint density at radius 2 is 1.92 bits per heavy atom. The number of fused-ring (bicyclic) bond motifs is 1. The molecular weight excluding hydrogens is 479 g/mol. The fourth-order valence-corrected chi connectivity index (χ4v) is 3.96. The van der Waals surface area contributed by atoms with E-state index in [2.05, 4.69) is 30.5 Å². The standard InChI is InChI=1S/C23H24F3N7O3/c1-3-20(34)30-22-29-18-12-27-19(32-6-4-5-7-32)11-17(18)21(31-22)28-13(2)14-8-15(23(24,25)26)10-16(9-14)33(35)36/h8-13H,3-7H2,1-2H3,(H2,28,29,30,31,34). The van der Waals surface area contributed by atoms with Crippen LogP contribution in [-0.4, -0.2) is 38.9 Å². The predicted molar refractivity (Wildman–Crippen MR) is 128 cm³/mol. The second-order valence-corrected chi connectivity index (χ2v) is 8.49. The zero-order chi connectivity index (χ0) is 26.0. The number of alkyl halides is 3. The van der Waals surface area contributed by atoms with Gasteiger partial charge in [0.15, 0.2) is 0 Å². The van der Waals surface area contributed by atoms with E-state index in [4.69, 9.17) is 0 Å². The Morgan fingerprint density at radius 1 is 1.19 bits per heavy atom. The van der Waals surface area contributed by atoms with E-state index < -0.39 is 28.4 Å². The third-order valence-corrected chi connectivity index (χ3v) is 5.90. The summed E-state index contributed by atoms with van der Waals surface area (Å²) < 4.78 is 40.2. The van der Waals surface area contributed by atoms with Gasteiger partial charge in [0.1, 0.15) is 11.6 Å². The largest absolute Gasteiger partial charge is 0.416 e. The average molecular weight is 503 g/mol. The van der Waals surface area contributed by atoms with Crippen molar-refractivity contribution in [2.75, 3.05) is 28.6 Å². The van der Waals surface area contributed by atoms with Crippen LogP contribution < -0.4 is 15.5 Å². The lowest BCUT2D eigenvalue weighted by Gasteiger charge is -2.20. The highest BCUT2D eigenvalue weighted by atomic mass is 19.4. The maximum Gasteiger partial charge on any atom is 0.416 e. The van der Waals surface area contributed by atoms with Crippen molar-refractivity contribution in [1.29, 1.82) is 0 Å². The highest BCUT2D eigenvalue weighted by Crippen LogP contribution is 2.35. The lowest BCUT2D eigenvalue weighted by molar-refractivity contribution is -0.385. The second-order valence-electron chi connectivity index (χ2n) is 8.49. The van der Waals surface area contributed by atoms with Crippen LogP contribution in [0.5, 0.6) is 0 Å². The molecule has 1 saturated heterocycles. The topological polar surface area (TPSA) is 126 Å². The number of benzene rings is 1. The van der Waals surface area contributed by atoms with E-state index in [0.29, 0.717) is 22.8 Å². The number of anilines is 3. The van der Waals surface area contributed by atoms with Crippen molar-refractivity contribution in [1.82, 2.24) is 15.0 Å². The maximum absolute atomic E-state index is 13.4. The third kappa shape index (κ3) is 5.44. The van der Waals surface area contributed by atoms with Crippen molar-refractivity contribution in [3.63, 3.8) is 0 Å². The average Bonchev–Trinajstić information content (AvgIpc) is 3.38. The van der Waals surface area contributed by atoms with Gasteiger partial charge in [-0.25, -0.2) is 9.97 Å². The summed E-state index contributed by atoms with van der Waals surface area (Å²) in [4.78, 5) is 37.7. The summed E-state index contributed by atoms with van der Waals surface area (Å²) in [5.41, 5.74) is -1.32. The van der Waals surface area contributed by atoms with Crippen LogP contribution in [0.15, 0.2) is 30.5 Å². The first-order chi connectivity index (χ1) is 17.0. The molecule has 1 fully saturated rings. The molecule has 2 N–H and O–H groups in total. The minimum absolute atomic E-state index is 0.00907. The monoisotopic (exact) mass is 503 g/mol. The van der Waals surface area contributed by atoms with Gasteiger partial charge < -0.3 is 10.2 Å². The molecule has 1 unspecified atom stereocenters. The molecule has 10 nitrogen and oxygen atoms in total. The van der Waals surface area contributed by atoms with Gasteiger partial charge in [0.05, 0.1) is 28.2 Å². The van der Waals surface area contributed by atoms with Gasteiger partial charge in [0.2, 0.25) is 11.9 Å². The number of nitro benzene ring substituents is 1. The molecule has 1 aliphatic heterocycles. The number of non-ortho nitro benzene ring substituents is 1. The number of nitrogens with zero attached hydrogens (tertiary/aromatic N) is 5. The summed E-state index contributed by atoms with van der Waals surface area (Å²) in [6, 6.07) is 3.44. The van der Waals surface area contributed by atoms with Crippen LogP contribution in [0.3, 0.4) is 0 Å². The first kappa shape index (κ1) is 25.1. The molecule has 0 spiro atoms. The summed E-state index contributed by atoms with van der Waals surface area (Å²) in [7, 11) is 0. The molecule has 1 amide bonds. The summed E-state index contributed by atoms with van der Waals surface area (Å²) in [5, 5.41) is 17.5. The number of carbonyl (C=O) groups is 1. The molecular formula is C23H24F3N7O3. The van der Waals surface area contributed by atoms with Crippen molar-refractivity contribution in [3.8, 4) is 0 Å². The molecule has 3 heterocycles. The fraction of sp³-hybridized carbons (Fsp3) is 0.391. The van der Waals surface area contributed by atoms with Gasteiger partial charge in [0, 0.05) is 37.0 Å². The minimum Gasteiger partial charge on any atom is -0.363 e. The molecule has 3 aromatic rings. The zero-order valence-corrected chi connectivity index (χ0v) is 19.6. The highest BCUT2D eigenvalue weighted by Gasteiger charge is 2.33. The number of hydrogen-bond donors (Lipinski definition) is 2. The normalized spacial score (nSPS) is 14.6. The minimum atomic E-state index is -4.75. The van der Waals surface area contributed by atoms with Crippen LogP contribution in [0.1, 0.15) is 50.3 Å². The van der Waals surface area contributed by atoms with Gasteiger partial charge >= 0.3 is 6.18 Å². The van der Waals surface area contributed by atoms with Crippen molar-refractivity contribution in [2.24, 2.45) is 0 Å². The molecule has 36 heavy (non-hydrogen) atoms. The Balaban J connectivity index is 1.77. The van der Waals surface area contributed by atoms with Gasteiger partial charge in [-0.15, -0.1) is 0 Å². The van der Waals surface area contributed by atoms with E-state index in [9.17, 15) is 28.1 Å². The molecule has 0 aliphatic carbocycles. The molecule has 4 rings (SSSR count). The Kier molecular flexibility index (Phi) is 6.91. The summed E-state index contributed by atoms with van der Waals surface area (Å²) >= 11 is 0. The smallest absolute Gasteiger partial charge is 0.363 e.